The molecule has 0 saturated heterocycles. The summed E-state index contributed by atoms with van der Waals surface area (Å²) in [5.74, 6) is 7.09. The van der Waals surface area contributed by atoms with Crippen molar-refractivity contribution < 1.29 is 0 Å². The van der Waals surface area contributed by atoms with Crippen LogP contribution in [0.1, 0.15) is 41.6 Å². The van der Waals surface area contributed by atoms with E-state index in [0.717, 1.165) is 41.2 Å². The van der Waals surface area contributed by atoms with Gasteiger partial charge in [0.1, 0.15) is 11.5 Å². The highest BCUT2D eigenvalue weighted by atomic mass is 15.3. The number of hydrogen-bond donors (Lipinski definition) is 2. The van der Waals surface area contributed by atoms with E-state index in [4.69, 9.17) is 10.8 Å². The molecule has 0 aromatic carbocycles. The molecule has 0 saturated carbocycles. The number of aryl methyl sites for hydroxylation is 3. The first kappa shape index (κ1) is 13.9. The Bertz CT molecular complexity index is 666. The Morgan fingerprint density at radius 1 is 1.10 bits per heavy atom. The normalized spacial score (nSPS) is 14.4. The van der Waals surface area contributed by atoms with E-state index in [9.17, 15) is 0 Å². The van der Waals surface area contributed by atoms with E-state index in [2.05, 4.69) is 21.5 Å². The molecule has 21 heavy (non-hydrogen) atoms. The number of anilines is 1. The van der Waals surface area contributed by atoms with Crippen molar-refractivity contribution in [2.45, 2.75) is 46.0 Å². The number of nitrogens with two attached hydrogens (primary N) is 1. The number of pyridine rings is 1. The Kier molecular flexibility index (Phi) is 3.84. The van der Waals surface area contributed by atoms with Crippen molar-refractivity contribution in [2.24, 2.45) is 5.84 Å². The smallest absolute Gasteiger partial charge is 0.180 e. The lowest BCUT2D eigenvalue weighted by atomic mass is 10.1. The van der Waals surface area contributed by atoms with Gasteiger partial charge in [-0.05, 0) is 50.7 Å². The Morgan fingerprint density at radius 3 is 2.67 bits per heavy atom. The summed E-state index contributed by atoms with van der Waals surface area (Å²) in [4.78, 5) is 13.9. The zero-order valence-electron chi connectivity index (χ0n) is 12.6. The van der Waals surface area contributed by atoms with Crippen LogP contribution in [0.4, 0.5) is 5.82 Å². The number of aromatic nitrogens is 3. The molecule has 1 aliphatic carbocycles. The van der Waals surface area contributed by atoms with Gasteiger partial charge in [0, 0.05) is 17.5 Å². The van der Waals surface area contributed by atoms with E-state index in [1.807, 2.05) is 20.0 Å². The fourth-order valence-electron chi connectivity index (χ4n) is 2.95. The van der Waals surface area contributed by atoms with Crippen molar-refractivity contribution >= 4 is 5.82 Å². The first-order valence-corrected chi connectivity index (χ1v) is 7.49. The number of nitrogens with one attached hydrogen (secondary N) is 1. The lowest BCUT2D eigenvalue weighted by molar-refractivity contribution is 0.709. The summed E-state index contributed by atoms with van der Waals surface area (Å²) in [6, 6.07) is 2.10. The quantitative estimate of drug-likeness (QED) is 0.503. The molecule has 0 aliphatic heterocycles. The topological polar surface area (TPSA) is 76.7 Å². The van der Waals surface area contributed by atoms with E-state index in [0.29, 0.717) is 5.82 Å². The van der Waals surface area contributed by atoms with Crippen molar-refractivity contribution in [2.75, 3.05) is 5.43 Å². The summed E-state index contributed by atoms with van der Waals surface area (Å²) in [5, 5.41) is 0. The summed E-state index contributed by atoms with van der Waals surface area (Å²) in [5.41, 5.74) is 8.10. The molecule has 3 N–H and O–H groups in total. The molecule has 110 valence electrons. The summed E-state index contributed by atoms with van der Waals surface area (Å²) < 4.78 is 0. The molecular formula is C16H21N5. The summed E-state index contributed by atoms with van der Waals surface area (Å²) >= 11 is 0. The fourth-order valence-corrected chi connectivity index (χ4v) is 2.95. The van der Waals surface area contributed by atoms with E-state index in [-0.39, 0.29) is 0 Å². The Hall–Kier alpha value is -2.01. The highest BCUT2D eigenvalue weighted by molar-refractivity contribution is 5.59. The van der Waals surface area contributed by atoms with Crippen molar-refractivity contribution in [1.29, 1.82) is 0 Å². The van der Waals surface area contributed by atoms with Crippen LogP contribution in [0.15, 0.2) is 12.3 Å². The second-order valence-electron chi connectivity index (χ2n) is 5.70. The molecule has 0 fully saturated rings. The summed E-state index contributed by atoms with van der Waals surface area (Å²) in [6.45, 7) is 4.08. The highest BCUT2D eigenvalue weighted by Gasteiger charge is 2.18. The molecule has 0 spiro atoms. The van der Waals surface area contributed by atoms with Crippen molar-refractivity contribution in [3.05, 3.63) is 34.6 Å². The Balaban J connectivity index is 2.13. The lowest BCUT2D eigenvalue weighted by Crippen LogP contribution is -2.15. The molecule has 2 aromatic heterocycles. The molecule has 0 bridgehead atoms. The standard InChI is InChI=1S/C16H21N5/c1-10-8-11(2)14(18-9-10)16-19-13-7-5-3-4-6-12(13)15(20-16)21-17/h8-9H,3-7,17H2,1-2H3,(H,19,20,21). The Morgan fingerprint density at radius 2 is 1.90 bits per heavy atom. The molecule has 0 atom stereocenters. The minimum absolute atomic E-state index is 0.668. The van der Waals surface area contributed by atoms with Crippen LogP contribution in [0.5, 0.6) is 0 Å². The maximum Gasteiger partial charge on any atom is 0.180 e. The van der Waals surface area contributed by atoms with Crippen LogP contribution >= 0.6 is 0 Å². The third-order valence-electron chi connectivity index (χ3n) is 4.00. The Labute approximate surface area is 125 Å². The second kappa shape index (κ2) is 5.77. The van der Waals surface area contributed by atoms with Gasteiger partial charge in [-0.15, -0.1) is 0 Å². The number of rotatable bonds is 2. The zero-order chi connectivity index (χ0) is 14.8. The van der Waals surface area contributed by atoms with Crippen LogP contribution < -0.4 is 11.3 Å². The number of nitrogen functional groups attached to an aromatic ring is 1. The predicted molar refractivity (Wildman–Crippen MR) is 83.8 cm³/mol. The maximum absolute atomic E-state index is 5.67. The monoisotopic (exact) mass is 283 g/mol. The predicted octanol–water partition coefficient (Wildman–Crippen LogP) is 2.71. The van der Waals surface area contributed by atoms with Gasteiger partial charge >= 0.3 is 0 Å². The first-order valence-electron chi connectivity index (χ1n) is 7.49. The van der Waals surface area contributed by atoms with Crippen molar-refractivity contribution in [1.82, 2.24) is 15.0 Å². The van der Waals surface area contributed by atoms with Gasteiger partial charge in [-0.1, -0.05) is 12.5 Å². The zero-order valence-corrected chi connectivity index (χ0v) is 12.6. The lowest BCUT2D eigenvalue weighted by Gasteiger charge is -2.13. The number of fused-ring (bicyclic) bond motifs is 1. The van der Waals surface area contributed by atoms with Gasteiger partial charge in [-0.25, -0.2) is 15.8 Å². The minimum atomic E-state index is 0.668. The van der Waals surface area contributed by atoms with Crippen molar-refractivity contribution in [3.63, 3.8) is 0 Å². The van der Waals surface area contributed by atoms with E-state index >= 15 is 0 Å². The molecule has 1 aliphatic rings. The first-order chi connectivity index (χ1) is 10.2. The molecule has 2 aromatic rings. The second-order valence-corrected chi connectivity index (χ2v) is 5.70. The molecule has 5 heteroatoms. The van der Waals surface area contributed by atoms with Gasteiger partial charge in [-0.2, -0.15) is 0 Å². The average molecular weight is 283 g/mol. The van der Waals surface area contributed by atoms with E-state index in [1.54, 1.807) is 0 Å². The molecule has 0 unspecified atom stereocenters. The van der Waals surface area contributed by atoms with Crippen LogP contribution in [0.3, 0.4) is 0 Å². The van der Waals surface area contributed by atoms with Gasteiger partial charge in [-0.3, -0.25) is 4.98 Å². The van der Waals surface area contributed by atoms with Gasteiger partial charge in [0.25, 0.3) is 0 Å². The SMILES string of the molecule is Cc1cnc(-c2nc3c(c(NN)n2)CCCCC3)c(C)c1. The molecule has 3 rings (SSSR count). The van der Waals surface area contributed by atoms with Crippen LogP contribution in [-0.2, 0) is 12.8 Å². The molecule has 0 amide bonds. The fraction of sp³-hybridized carbons (Fsp3) is 0.438. The van der Waals surface area contributed by atoms with Crippen LogP contribution in [0.25, 0.3) is 11.5 Å². The average Bonchev–Trinajstić information content (AvgIpc) is 2.71. The summed E-state index contributed by atoms with van der Waals surface area (Å²) in [6.07, 6.45) is 7.42. The maximum atomic E-state index is 5.67. The number of nitrogens with zero attached hydrogens (tertiary/aromatic N) is 3. The van der Waals surface area contributed by atoms with Gasteiger partial charge in [0.05, 0.1) is 0 Å². The van der Waals surface area contributed by atoms with E-state index < -0.39 is 0 Å². The van der Waals surface area contributed by atoms with E-state index in [1.165, 1.54) is 24.8 Å². The minimum Gasteiger partial charge on any atom is -0.308 e. The molecule has 2 heterocycles. The van der Waals surface area contributed by atoms with Gasteiger partial charge in [0.15, 0.2) is 5.82 Å². The number of hydrogen-bond acceptors (Lipinski definition) is 5. The third-order valence-corrected chi connectivity index (χ3v) is 4.00. The highest BCUT2D eigenvalue weighted by Crippen LogP contribution is 2.27. The van der Waals surface area contributed by atoms with Gasteiger partial charge < -0.3 is 5.43 Å². The number of hydrazine groups is 1. The molecular weight excluding hydrogens is 262 g/mol. The third kappa shape index (κ3) is 2.74. The van der Waals surface area contributed by atoms with Crippen LogP contribution in [-0.4, -0.2) is 15.0 Å². The van der Waals surface area contributed by atoms with Gasteiger partial charge in [0.2, 0.25) is 0 Å². The van der Waals surface area contributed by atoms with Crippen LogP contribution in [0.2, 0.25) is 0 Å². The largest absolute Gasteiger partial charge is 0.308 e. The van der Waals surface area contributed by atoms with Crippen molar-refractivity contribution in [3.8, 4) is 11.5 Å². The molecule has 0 radical (unpaired) electrons. The van der Waals surface area contributed by atoms with Crippen LogP contribution in [0, 0.1) is 13.8 Å². The summed E-state index contributed by atoms with van der Waals surface area (Å²) in [7, 11) is 0. The molecule has 5 nitrogen and oxygen atoms in total.